The summed E-state index contributed by atoms with van der Waals surface area (Å²) in [7, 11) is 0. The molecule has 16 heavy (non-hydrogen) atoms. The van der Waals surface area contributed by atoms with Gasteiger partial charge in [0.25, 0.3) is 0 Å². The van der Waals surface area contributed by atoms with E-state index in [9.17, 15) is 4.79 Å². The van der Waals surface area contributed by atoms with E-state index < -0.39 is 0 Å². The summed E-state index contributed by atoms with van der Waals surface area (Å²) in [4.78, 5) is 11.8. The molecule has 1 aliphatic heterocycles. The minimum Gasteiger partial charge on any atom is -0.368 e. The van der Waals surface area contributed by atoms with Crippen LogP contribution in [0.1, 0.15) is 38.5 Å². The summed E-state index contributed by atoms with van der Waals surface area (Å²) in [6.45, 7) is 4.57. The van der Waals surface area contributed by atoms with Gasteiger partial charge in [-0.15, -0.1) is 6.58 Å². The molecule has 1 N–H and O–H groups in total. The number of nitrogens with one attached hydrogen (secondary N) is 1. The van der Waals surface area contributed by atoms with Gasteiger partial charge in [0.2, 0.25) is 5.91 Å². The molecule has 90 valence electrons. The number of carbonyl (C=O) groups excluding carboxylic acids is 1. The quantitative estimate of drug-likeness (QED) is 0.743. The predicted octanol–water partition coefficient (Wildman–Crippen LogP) is 2.03. The third-order valence-electron chi connectivity index (χ3n) is 3.62. The molecule has 3 atom stereocenters. The molecule has 1 aliphatic carbocycles. The van der Waals surface area contributed by atoms with E-state index >= 15 is 0 Å². The number of rotatable bonds is 3. The second-order valence-electron chi connectivity index (χ2n) is 4.87. The monoisotopic (exact) mass is 223 g/mol. The maximum atomic E-state index is 11.8. The fraction of sp³-hybridized carbons (Fsp3) is 0.769. The number of carbonyl (C=O) groups is 1. The first-order chi connectivity index (χ1) is 7.79. The van der Waals surface area contributed by atoms with E-state index in [1.165, 1.54) is 12.8 Å². The lowest BCUT2D eigenvalue weighted by atomic mass is 9.86. The van der Waals surface area contributed by atoms with Crippen molar-refractivity contribution in [2.24, 2.45) is 5.92 Å². The highest BCUT2D eigenvalue weighted by Gasteiger charge is 2.27. The highest BCUT2D eigenvalue weighted by atomic mass is 16.5. The van der Waals surface area contributed by atoms with E-state index in [2.05, 4.69) is 11.9 Å². The number of ether oxygens (including phenoxy) is 1. The second kappa shape index (κ2) is 5.48. The van der Waals surface area contributed by atoms with Gasteiger partial charge in [0.15, 0.2) is 0 Å². The highest BCUT2D eigenvalue weighted by molar-refractivity contribution is 5.81. The third kappa shape index (κ3) is 2.85. The van der Waals surface area contributed by atoms with Crippen LogP contribution in [0.4, 0.5) is 0 Å². The van der Waals surface area contributed by atoms with E-state index in [4.69, 9.17) is 4.74 Å². The van der Waals surface area contributed by atoms with E-state index in [0.29, 0.717) is 12.0 Å². The van der Waals surface area contributed by atoms with Crippen molar-refractivity contribution >= 4 is 5.91 Å². The lowest BCUT2D eigenvalue weighted by Crippen LogP contribution is -2.43. The van der Waals surface area contributed by atoms with Crippen LogP contribution in [-0.2, 0) is 9.53 Å². The summed E-state index contributed by atoms with van der Waals surface area (Å²) < 4.78 is 5.38. The summed E-state index contributed by atoms with van der Waals surface area (Å²) >= 11 is 0. The van der Waals surface area contributed by atoms with Crippen molar-refractivity contribution in [2.45, 2.75) is 50.7 Å². The minimum absolute atomic E-state index is 0.0900. The molecule has 0 radical (unpaired) electrons. The normalized spacial score (nSPS) is 34.6. The minimum atomic E-state index is -0.191. The van der Waals surface area contributed by atoms with Crippen LogP contribution in [0.15, 0.2) is 12.7 Å². The zero-order chi connectivity index (χ0) is 11.4. The molecule has 0 aromatic carbocycles. The Labute approximate surface area is 97.2 Å². The van der Waals surface area contributed by atoms with Gasteiger partial charge >= 0.3 is 0 Å². The topological polar surface area (TPSA) is 38.3 Å². The summed E-state index contributed by atoms with van der Waals surface area (Å²) in [6, 6.07) is 0.327. The molecule has 0 unspecified atom stereocenters. The van der Waals surface area contributed by atoms with Crippen LogP contribution in [-0.4, -0.2) is 24.7 Å². The Hall–Kier alpha value is -0.830. The number of allylic oxidation sites excluding steroid dienone is 1. The SMILES string of the molecule is C=C[C@@H]1CCC[C@H](NC(=O)[C@H]2CCCO2)C1. The average Bonchev–Trinajstić information content (AvgIpc) is 2.83. The summed E-state index contributed by atoms with van der Waals surface area (Å²) in [5.74, 6) is 0.663. The van der Waals surface area contributed by atoms with Crippen molar-refractivity contribution in [3.05, 3.63) is 12.7 Å². The zero-order valence-electron chi connectivity index (χ0n) is 9.78. The first kappa shape index (κ1) is 11.6. The molecule has 2 aliphatic rings. The van der Waals surface area contributed by atoms with Gasteiger partial charge in [0.1, 0.15) is 6.10 Å². The predicted molar refractivity (Wildman–Crippen MR) is 63.1 cm³/mol. The van der Waals surface area contributed by atoms with Crippen LogP contribution >= 0.6 is 0 Å². The van der Waals surface area contributed by atoms with Crippen molar-refractivity contribution in [1.82, 2.24) is 5.32 Å². The van der Waals surface area contributed by atoms with Crippen molar-refractivity contribution < 1.29 is 9.53 Å². The van der Waals surface area contributed by atoms with Crippen LogP contribution in [0, 0.1) is 5.92 Å². The molecule has 1 saturated carbocycles. The lowest BCUT2D eigenvalue weighted by molar-refractivity contribution is -0.131. The molecule has 2 fully saturated rings. The van der Waals surface area contributed by atoms with Gasteiger partial charge in [0, 0.05) is 12.6 Å². The van der Waals surface area contributed by atoms with Crippen LogP contribution in [0.3, 0.4) is 0 Å². The third-order valence-corrected chi connectivity index (χ3v) is 3.62. The molecule has 0 spiro atoms. The molecular weight excluding hydrogens is 202 g/mol. The summed E-state index contributed by atoms with van der Waals surface area (Å²) in [6.07, 6.45) is 8.27. The Morgan fingerprint density at radius 3 is 2.88 bits per heavy atom. The van der Waals surface area contributed by atoms with E-state index in [1.807, 2.05) is 6.08 Å². The Morgan fingerprint density at radius 1 is 1.31 bits per heavy atom. The first-order valence-corrected chi connectivity index (χ1v) is 6.34. The Balaban J connectivity index is 1.79. The van der Waals surface area contributed by atoms with E-state index in [-0.39, 0.29) is 12.0 Å². The van der Waals surface area contributed by atoms with Gasteiger partial charge in [-0.05, 0) is 38.0 Å². The van der Waals surface area contributed by atoms with Gasteiger partial charge in [-0.3, -0.25) is 4.79 Å². The Bertz CT molecular complexity index is 259. The Kier molecular flexibility index (Phi) is 3.99. The van der Waals surface area contributed by atoms with Gasteiger partial charge in [-0.25, -0.2) is 0 Å². The Morgan fingerprint density at radius 2 is 2.19 bits per heavy atom. The van der Waals surface area contributed by atoms with Crippen LogP contribution in [0.25, 0.3) is 0 Å². The maximum Gasteiger partial charge on any atom is 0.249 e. The molecule has 1 amide bonds. The van der Waals surface area contributed by atoms with Gasteiger partial charge in [-0.1, -0.05) is 12.5 Å². The van der Waals surface area contributed by atoms with E-state index in [0.717, 1.165) is 32.3 Å². The van der Waals surface area contributed by atoms with Gasteiger partial charge in [-0.2, -0.15) is 0 Å². The molecule has 0 bridgehead atoms. The fourth-order valence-electron chi connectivity index (χ4n) is 2.65. The van der Waals surface area contributed by atoms with Crippen molar-refractivity contribution in [2.75, 3.05) is 6.61 Å². The largest absolute Gasteiger partial charge is 0.368 e. The average molecular weight is 223 g/mol. The fourth-order valence-corrected chi connectivity index (χ4v) is 2.65. The first-order valence-electron chi connectivity index (χ1n) is 6.34. The highest BCUT2D eigenvalue weighted by Crippen LogP contribution is 2.25. The van der Waals surface area contributed by atoms with Crippen LogP contribution in [0.2, 0.25) is 0 Å². The summed E-state index contributed by atoms with van der Waals surface area (Å²) in [5, 5.41) is 3.11. The van der Waals surface area contributed by atoms with Gasteiger partial charge in [0.05, 0.1) is 0 Å². The number of amides is 1. The molecule has 1 heterocycles. The van der Waals surface area contributed by atoms with Crippen molar-refractivity contribution in [3.8, 4) is 0 Å². The van der Waals surface area contributed by atoms with Crippen molar-refractivity contribution in [1.29, 1.82) is 0 Å². The standard InChI is InChI=1S/C13H21NO2/c1-2-10-5-3-6-11(9-10)14-13(15)12-7-4-8-16-12/h2,10-12H,1,3-9H2,(H,14,15)/t10-,11+,12-/m1/s1. The summed E-state index contributed by atoms with van der Waals surface area (Å²) in [5.41, 5.74) is 0. The number of hydrogen-bond donors (Lipinski definition) is 1. The maximum absolute atomic E-state index is 11.8. The molecule has 0 aromatic heterocycles. The van der Waals surface area contributed by atoms with Crippen LogP contribution < -0.4 is 5.32 Å². The molecule has 3 nitrogen and oxygen atoms in total. The second-order valence-corrected chi connectivity index (χ2v) is 4.87. The molecule has 3 heteroatoms. The zero-order valence-corrected chi connectivity index (χ0v) is 9.78. The van der Waals surface area contributed by atoms with E-state index in [1.54, 1.807) is 0 Å². The van der Waals surface area contributed by atoms with Crippen LogP contribution in [0.5, 0.6) is 0 Å². The van der Waals surface area contributed by atoms with Crippen molar-refractivity contribution in [3.63, 3.8) is 0 Å². The molecular formula is C13H21NO2. The molecule has 2 rings (SSSR count). The lowest BCUT2D eigenvalue weighted by Gasteiger charge is -2.28. The smallest absolute Gasteiger partial charge is 0.249 e. The van der Waals surface area contributed by atoms with Gasteiger partial charge < -0.3 is 10.1 Å². The number of hydrogen-bond acceptors (Lipinski definition) is 2. The molecule has 1 saturated heterocycles. The molecule has 0 aromatic rings.